The summed E-state index contributed by atoms with van der Waals surface area (Å²) in [6.45, 7) is 2.35. The largest absolute Gasteiger partial charge is 0.497 e. The third-order valence-electron chi connectivity index (χ3n) is 3.18. The van der Waals surface area contributed by atoms with E-state index in [4.69, 9.17) is 9.84 Å². The fourth-order valence-corrected chi connectivity index (χ4v) is 2.05. The van der Waals surface area contributed by atoms with Crippen molar-refractivity contribution in [3.05, 3.63) is 42.2 Å². The highest BCUT2D eigenvalue weighted by molar-refractivity contribution is 5.93. The summed E-state index contributed by atoms with van der Waals surface area (Å²) in [4.78, 5) is 24.8. The molecule has 0 saturated heterocycles. The Morgan fingerprint density at radius 1 is 1.32 bits per heavy atom. The number of rotatable bonds is 6. The van der Waals surface area contributed by atoms with Crippen molar-refractivity contribution in [1.29, 1.82) is 0 Å². The smallest absolute Gasteiger partial charge is 0.338 e. The number of amides is 1. The van der Waals surface area contributed by atoms with Crippen molar-refractivity contribution in [3.63, 3.8) is 0 Å². The Labute approximate surface area is 127 Å². The van der Waals surface area contributed by atoms with E-state index in [-0.39, 0.29) is 18.0 Å². The van der Waals surface area contributed by atoms with E-state index in [0.29, 0.717) is 12.3 Å². The molecule has 0 aliphatic rings. The van der Waals surface area contributed by atoms with Crippen molar-refractivity contribution in [2.45, 2.75) is 13.5 Å². The number of anilines is 1. The zero-order valence-electron chi connectivity index (χ0n) is 12.4. The zero-order valence-corrected chi connectivity index (χ0v) is 12.4. The Kier molecular flexibility index (Phi) is 4.77. The number of benzene rings is 1. The van der Waals surface area contributed by atoms with Crippen LogP contribution in [-0.4, -0.2) is 40.4 Å². The molecule has 0 fully saturated rings. The molecule has 0 aliphatic heterocycles. The molecule has 0 unspecified atom stereocenters. The summed E-state index contributed by atoms with van der Waals surface area (Å²) in [5.41, 5.74) is 0.805. The number of hydrogen-bond donors (Lipinski definition) is 1. The summed E-state index contributed by atoms with van der Waals surface area (Å²) < 4.78 is 6.41. The highest BCUT2D eigenvalue weighted by Crippen LogP contribution is 2.19. The predicted octanol–water partition coefficient (Wildman–Crippen LogP) is 1.64. The van der Waals surface area contributed by atoms with Crippen LogP contribution in [0.3, 0.4) is 0 Å². The van der Waals surface area contributed by atoms with Crippen molar-refractivity contribution < 1.29 is 19.4 Å². The molecule has 1 N–H and O–H groups in total. The molecule has 2 rings (SSSR count). The Bertz CT molecular complexity index is 664. The van der Waals surface area contributed by atoms with Gasteiger partial charge in [0.05, 0.1) is 18.9 Å². The summed E-state index contributed by atoms with van der Waals surface area (Å²) >= 11 is 0. The number of carboxylic acids is 1. The number of nitrogens with zero attached hydrogens (tertiary/aromatic N) is 3. The molecule has 0 spiro atoms. The number of aromatic nitrogens is 2. The summed E-state index contributed by atoms with van der Waals surface area (Å²) in [7, 11) is 1.58. The first-order chi connectivity index (χ1) is 10.5. The molecule has 7 nitrogen and oxygen atoms in total. The Morgan fingerprint density at radius 2 is 2.00 bits per heavy atom. The van der Waals surface area contributed by atoms with Gasteiger partial charge in [-0.1, -0.05) is 0 Å². The fourth-order valence-electron chi connectivity index (χ4n) is 2.05. The van der Waals surface area contributed by atoms with Crippen LogP contribution in [-0.2, 0) is 11.3 Å². The molecular weight excluding hydrogens is 286 g/mol. The van der Waals surface area contributed by atoms with Gasteiger partial charge in [0.2, 0.25) is 5.91 Å². The summed E-state index contributed by atoms with van der Waals surface area (Å²) in [5.74, 6) is -0.528. The molecule has 1 heterocycles. The molecule has 116 valence electrons. The lowest BCUT2D eigenvalue weighted by atomic mass is 10.2. The maximum Gasteiger partial charge on any atom is 0.338 e. The molecule has 7 heteroatoms. The van der Waals surface area contributed by atoms with E-state index in [0.717, 1.165) is 5.69 Å². The molecule has 0 atom stereocenters. The number of carbonyl (C=O) groups is 2. The van der Waals surface area contributed by atoms with E-state index in [1.807, 2.05) is 6.92 Å². The number of carbonyl (C=O) groups excluding carboxylic acids is 1. The minimum absolute atomic E-state index is 0.0207. The second kappa shape index (κ2) is 6.75. The molecular formula is C15H17N3O4. The third kappa shape index (κ3) is 3.43. The molecule has 2 aromatic rings. The van der Waals surface area contributed by atoms with Gasteiger partial charge in [-0.3, -0.25) is 9.48 Å². The van der Waals surface area contributed by atoms with Crippen molar-refractivity contribution >= 4 is 17.6 Å². The Morgan fingerprint density at radius 3 is 2.50 bits per heavy atom. The lowest BCUT2D eigenvalue weighted by Crippen LogP contribution is -2.33. The number of carboxylic acid groups (broad SMARTS) is 1. The highest BCUT2D eigenvalue weighted by Gasteiger charge is 2.16. The van der Waals surface area contributed by atoms with Gasteiger partial charge in [0.25, 0.3) is 0 Å². The van der Waals surface area contributed by atoms with Gasteiger partial charge in [0.1, 0.15) is 12.3 Å². The van der Waals surface area contributed by atoms with E-state index in [1.165, 1.54) is 17.1 Å². The Hall–Kier alpha value is -2.83. The summed E-state index contributed by atoms with van der Waals surface area (Å²) in [6.07, 6.45) is 2.56. The summed E-state index contributed by atoms with van der Waals surface area (Å²) in [6, 6.07) is 7.15. The van der Waals surface area contributed by atoms with Crippen LogP contribution >= 0.6 is 0 Å². The molecule has 1 aromatic carbocycles. The minimum atomic E-state index is -1.07. The SMILES string of the molecule is CCN(C(=O)Cn1cc(C(=O)O)cn1)c1ccc(OC)cc1. The third-order valence-corrected chi connectivity index (χ3v) is 3.18. The van der Waals surface area contributed by atoms with E-state index in [9.17, 15) is 9.59 Å². The summed E-state index contributed by atoms with van der Waals surface area (Å²) in [5, 5.41) is 12.7. The lowest BCUT2D eigenvalue weighted by Gasteiger charge is -2.21. The van der Waals surface area contributed by atoms with E-state index < -0.39 is 5.97 Å². The van der Waals surface area contributed by atoms with E-state index in [1.54, 1.807) is 36.3 Å². The fraction of sp³-hybridized carbons (Fsp3) is 0.267. The van der Waals surface area contributed by atoms with Crippen molar-refractivity contribution in [2.24, 2.45) is 0 Å². The van der Waals surface area contributed by atoms with Gasteiger partial charge in [-0.05, 0) is 31.2 Å². The van der Waals surface area contributed by atoms with Crippen molar-refractivity contribution in [1.82, 2.24) is 9.78 Å². The van der Waals surface area contributed by atoms with Gasteiger partial charge in [0, 0.05) is 18.4 Å². The quantitative estimate of drug-likeness (QED) is 0.877. The number of methoxy groups -OCH3 is 1. The van der Waals surface area contributed by atoms with Crippen LogP contribution in [0.2, 0.25) is 0 Å². The average Bonchev–Trinajstić information content (AvgIpc) is 2.97. The Balaban J connectivity index is 2.11. The van der Waals surface area contributed by atoms with Crippen LogP contribution in [0, 0.1) is 0 Å². The average molecular weight is 303 g/mol. The van der Waals surface area contributed by atoms with Crippen LogP contribution < -0.4 is 9.64 Å². The first-order valence-corrected chi connectivity index (χ1v) is 6.75. The van der Waals surface area contributed by atoms with Gasteiger partial charge in [-0.15, -0.1) is 0 Å². The molecule has 22 heavy (non-hydrogen) atoms. The molecule has 0 aliphatic carbocycles. The lowest BCUT2D eigenvalue weighted by molar-refractivity contribution is -0.119. The molecule has 0 saturated carbocycles. The van der Waals surface area contributed by atoms with E-state index in [2.05, 4.69) is 5.10 Å². The van der Waals surface area contributed by atoms with Gasteiger partial charge in [0.15, 0.2) is 0 Å². The van der Waals surface area contributed by atoms with Gasteiger partial charge in [-0.2, -0.15) is 5.10 Å². The maximum atomic E-state index is 12.4. The zero-order chi connectivity index (χ0) is 16.1. The predicted molar refractivity (Wildman–Crippen MR) is 80.2 cm³/mol. The number of hydrogen-bond acceptors (Lipinski definition) is 4. The second-order valence-corrected chi connectivity index (χ2v) is 4.57. The molecule has 0 bridgehead atoms. The van der Waals surface area contributed by atoms with Crippen LogP contribution in [0.5, 0.6) is 5.75 Å². The number of likely N-dealkylation sites (N-methyl/N-ethyl adjacent to an activating group) is 1. The van der Waals surface area contributed by atoms with E-state index >= 15 is 0 Å². The van der Waals surface area contributed by atoms with Gasteiger partial charge >= 0.3 is 5.97 Å². The number of aromatic carboxylic acids is 1. The normalized spacial score (nSPS) is 10.3. The van der Waals surface area contributed by atoms with Crippen LogP contribution in [0.4, 0.5) is 5.69 Å². The second-order valence-electron chi connectivity index (χ2n) is 4.57. The monoisotopic (exact) mass is 303 g/mol. The minimum Gasteiger partial charge on any atom is -0.497 e. The first-order valence-electron chi connectivity index (χ1n) is 6.75. The molecule has 0 radical (unpaired) electrons. The van der Waals surface area contributed by atoms with Gasteiger partial charge in [-0.25, -0.2) is 4.79 Å². The van der Waals surface area contributed by atoms with Crippen LogP contribution in [0.15, 0.2) is 36.7 Å². The molecule has 1 aromatic heterocycles. The van der Waals surface area contributed by atoms with Crippen molar-refractivity contribution in [3.8, 4) is 5.75 Å². The van der Waals surface area contributed by atoms with Crippen LogP contribution in [0.1, 0.15) is 17.3 Å². The van der Waals surface area contributed by atoms with Crippen LogP contribution in [0.25, 0.3) is 0 Å². The number of ether oxygens (including phenoxy) is 1. The standard InChI is InChI=1S/C15H17N3O4/c1-3-18(12-4-6-13(22-2)7-5-12)14(19)10-17-9-11(8-16-17)15(20)21/h4-9H,3,10H2,1-2H3,(H,20,21). The van der Waals surface area contributed by atoms with Crippen molar-refractivity contribution in [2.75, 3.05) is 18.6 Å². The highest BCUT2D eigenvalue weighted by atomic mass is 16.5. The first kappa shape index (κ1) is 15.6. The maximum absolute atomic E-state index is 12.4. The van der Waals surface area contributed by atoms with Gasteiger partial charge < -0.3 is 14.7 Å². The topological polar surface area (TPSA) is 84.7 Å². The molecule has 1 amide bonds.